The SMILES string of the molecule is COc1ccc(CN2CCCc3ccc(N)cc32)cc1F. The molecule has 0 aromatic heterocycles. The number of methoxy groups -OCH3 is 1. The highest BCUT2D eigenvalue weighted by Crippen LogP contribution is 2.30. The molecule has 0 radical (unpaired) electrons. The molecule has 2 N–H and O–H groups in total. The summed E-state index contributed by atoms with van der Waals surface area (Å²) in [5, 5.41) is 0. The largest absolute Gasteiger partial charge is 0.494 e. The molecule has 110 valence electrons. The van der Waals surface area contributed by atoms with Gasteiger partial charge in [-0.25, -0.2) is 4.39 Å². The van der Waals surface area contributed by atoms with Crippen molar-refractivity contribution in [1.82, 2.24) is 0 Å². The summed E-state index contributed by atoms with van der Waals surface area (Å²) in [5.74, 6) is -0.0400. The molecule has 3 nitrogen and oxygen atoms in total. The number of hydrogen-bond acceptors (Lipinski definition) is 3. The smallest absolute Gasteiger partial charge is 0.165 e. The average Bonchev–Trinajstić information content (AvgIpc) is 2.48. The second kappa shape index (κ2) is 5.64. The van der Waals surface area contributed by atoms with E-state index >= 15 is 0 Å². The molecule has 0 atom stereocenters. The van der Waals surface area contributed by atoms with E-state index in [4.69, 9.17) is 10.5 Å². The number of nitrogens with two attached hydrogens (primary N) is 1. The normalized spacial score (nSPS) is 13.9. The zero-order valence-electron chi connectivity index (χ0n) is 12.1. The summed E-state index contributed by atoms with van der Waals surface area (Å²) in [6, 6.07) is 11.2. The Morgan fingerprint density at radius 1 is 1.24 bits per heavy atom. The highest BCUT2D eigenvalue weighted by Gasteiger charge is 2.17. The Labute approximate surface area is 124 Å². The topological polar surface area (TPSA) is 38.5 Å². The van der Waals surface area contributed by atoms with Gasteiger partial charge in [-0.1, -0.05) is 12.1 Å². The van der Waals surface area contributed by atoms with E-state index in [1.165, 1.54) is 12.7 Å². The molecule has 0 spiro atoms. The third-order valence-corrected chi connectivity index (χ3v) is 3.91. The molecule has 2 aromatic carbocycles. The van der Waals surface area contributed by atoms with Gasteiger partial charge in [-0.15, -0.1) is 0 Å². The molecule has 2 aromatic rings. The van der Waals surface area contributed by atoms with E-state index in [-0.39, 0.29) is 11.6 Å². The Hall–Kier alpha value is -2.23. The summed E-state index contributed by atoms with van der Waals surface area (Å²) in [5.41, 5.74) is 10.1. The van der Waals surface area contributed by atoms with E-state index in [1.54, 1.807) is 12.1 Å². The fraction of sp³-hybridized carbons (Fsp3) is 0.294. The number of aryl methyl sites for hydroxylation is 1. The summed E-state index contributed by atoms with van der Waals surface area (Å²) < 4.78 is 18.8. The van der Waals surface area contributed by atoms with Crippen molar-refractivity contribution < 1.29 is 9.13 Å². The molecule has 1 heterocycles. The van der Waals surface area contributed by atoms with Gasteiger partial charge in [0.05, 0.1) is 7.11 Å². The summed E-state index contributed by atoms with van der Waals surface area (Å²) in [4.78, 5) is 2.26. The molecule has 0 unspecified atom stereocenters. The Morgan fingerprint density at radius 2 is 2.10 bits per heavy atom. The lowest BCUT2D eigenvalue weighted by molar-refractivity contribution is 0.386. The van der Waals surface area contributed by atoms with Crippen molar-refractivity contribution in [3.63, 3.8) is 0 Å². The zero-order chi connectivity index (χ0) is 14.8. The molecule has 0 bridgehead atoms. The molecule has 0 amide bonds. The van der Waals surface area contributed by atoms with Crippen LogP contribution in [-0.2, 0) is 13.0 Å². The standard InChI is InChI=1S/C17H19FN2O/c1-21-17-7-4-12(9-15(17)18)11-20-8-2-3-13-5-6-14(19)10-16(13)20/h4-7,9-10H,2-3,8,11,19H2,1H3. The predicted molar refractivity (Wildman–Crippen MR) is 83.2 cm³/mol. The van der Waals surface area contributed by atoms with Gasteiger partial charge in [0.2, 0.25) is 0 Å². The van der Waals surface area contributed by atoms with E-state index in [0.29, 0.717) is 6.54 Å². The van der Waals surface area contributed by atoms with Gasteiger partial charge in [-0.3, -0.25) is 0 Å². The third-order valence-electron chi connectivity index (χ3n) is 3.91. The highest BCUT2D eigenvalue weighted by atomic mass is 19.1. The van der Waals surface area contributed by atoms with Crippen LogP contribution < -0.4 is 15.4 Å². The molecule has 0 saturated heterocycles. The lowest BCUT2D eigenvalue weighted by atomic mass is 10.0. The van der Waals surface area contributed by atoms with Crippen molar-refractivity contribution in [2.75, 3.05) is 24.3 Å². The van der Waals surface area contributed by atoms with Crippen LogP contribution in [0.25, 0.3) is 0 Å². The van der Waals surface area contributed by atoms with Gasteiger partial charge in [-0.2, -0.15) is 0 Å². The van der Waals surface area contributed by atoms with Crippen molar-refractivity contribution in [3.05, 3.63) is 53.3 Å². The Morgan fingerprint density at radius 3 is 2.86 bits per heavy atom. The summed E-state index contributed by atoms with van der Waals surface area (Å²) in [6.07, 6.45) is 2.18. The second-order valence-corrected chi connectivity index (χ2v) is 5.38. The minimum atomic E-state index is -0.320. The minimum Gasteiger partial charge on any atom is -0.494 e. The molecule has 0 aliphatic carbocycles. The quantitative estimate of drug-likeness (QED) is 0.879. The van der Waals surface area contributed by atoms with Crippen LogP contribution in [0.3, 0.4) is 0 Å². The van der Waals surface area contributed by atoms with Crippen molar-refractivity contribution >= 4 is 11.4 Å². The molecule has 0 saturated carbocycles. The first kappa shape index (κ1) is 13.7. The van der Waals surface area contributed by atoms with Crippen LogP contribution >= 0.6 is 0 Å². The molecule has 1 aliphatic heterocycles. The fourth-order valence-corrected chi connectivity index (χ4v) is 2.86. The van der Waals surface area contributed by atoms with Crippen molar-refractivity contribution in [3.8, 4) is 5.75 Å². The summed E-state index contributed by atoms with van der Waals surface area (Å²) >= 11 is 0. The zero-order valence-corrected chi connectivity index (χ0v) is 12.1. The second-order valence-electron chi connectivity index (χ2n) is 5.38. The maximum Gasteiger partial charge on any atom is 0.165 e. The van der Waals surface area contributed by atoms with Crippen LogP contribution in [0.4, 0.5) is 15.8 Å². The lowest BCUT2D eigenvalue weighted by Crippen LogP contribution is -2.28. The van der Waals surface area contributed by atoms with Gasteiger partial charge in [0.25, 0.3) is 0 Å². The van der Waals surface area contributed by atoms with Crippen LogP contribution in [0.1, 0.15) is 17.5 Å². The van der Waals surface area contributed by atoms with Gasteiger partial charge in [-0.05, 0) is 48.2 Å². The average molecular weight is 286 g/mol. The number of fused-ring (bicyclic) bond motifs is 1. The van der Waals surface area contributed by atoms with Crippen molar-refractivity contribution in [1.29, 1.82) is 0 Å². The van der Waals surface area contributed by atoms with Crippen LogP contribution in [0.2, 0.25) is 0 Å². The van der Waals surface area contributed by atoms with E-state index in [0.717, 1.165) is 36.3 Å². The maximum absolute atomic E-state index is 13.8. The molecule has 3 rings (SSSR count). The number of benzene rings is 2. The van der Waals surface area contributed by atoms with Gasteiger partial charge >= 0.3 is 0 Å². The van der Waals surface area contributed by atoms with Crippen LogP contribution in [0.15, 0.2) is 36.4 Å². The van der Waals surface area contributed by atoms with E-state index in [2.05, 4.69) is 11.0 Å². The Balaban J connectivity index is 1.86. The fourth-order valence-electron chi connectivity index (χ4n) is 2.86. The van der Waals surface area contributed by atoms with E-state index < -0.39 is 0 Å². The third kappa shape index (κ3) is 2.79. The first-order valence-electron chi connectivity index (χ1n) is 7.13. The first-order chi connectivity index (χ1) is 10.2. The number of hydrogen-bond donors (Lipinski definition) is 1. The van der Waals surface area contributed by atoms with Crippen molar-refractivity contribution in [2.24, 2.45) is 0 Å². The van der Waals surface area contributed by atoms with Gasteiger partial charge in [0, 0.05) is 24.5 Å². The number of nitrogen functional groups attached to an aromatic ring is 1. The predicted octanol–water partition coefficient (Wildman–Crippen LogP) is 3.37. The number of anilines is 2. The van der Waals surface area contributed by atoms with Gasteiger partial charge in [0.1, 0.15) is 0 Å². The number of rotatable bonds is 3. The number of nitrogens with zero attached hydrogens (tertiary/aromatic N) is 1. The summed E-state index contributed by atoms with van der Waals surface area (Å²) in [6.45, 7) is 1.64. The van der Waals surface area contributed by atoms with Crippen LogP contribution in [-0.4, -0.2) is 13.7 Å². The molecule has 4 heteroatoms. The minimum absolute atomic E-state index is 0.280. The molecular formula is C17H19FN2O. The molecule has 21 heavy (non-hydrogen) atoms. The highest BCUT2D eigenvalue weighted by molar-refractivity contribution is 5.62. The lowest BCUT2D eigenvalue weighted by Gasteiger charge is -2.31. The Bertz CT molecular complexity index is 657. The van der Waals surface area contributed by atoms with Gasteiger partial charge < -0.3 is 15.4 Å². The first-order valence-corrected chi connectivity index (χ1v) is 7.13. The number of ether oxygens (including phenoxy) is 1. The summed E-state index contributed by atoms with van der Waals surface area (Å²) in [7, 11) is 1.47. The van der Waals surface area contributed by atoms with E-state index in [9.17, 15) is 4.39 Å². The molecule has 1 aliphatic rings. The van der Waals surface area contributed by atoms with Crippen molar-refractivity contribution in [2.45, 2.75) is 19.4 Å². The van der Waals surface area contributed by atoms with Gasteiger partial charge in [0.15, 0.2) is 11.6 Å². The van der Waals surface area contributed by atoms with Crippen LogP contribution in [0, 0.1) is 5.82 Å². The molecule has 0 fully saturated rings. The Kier molecular flexibility index (Phi) is 3.69. The monoisotopic (exact) mass is 286 g/mol. The van der Waals surface area contributed by atoms with Crippen LogP contribution in [0.5, 0.6) is 5.75 Å². The maximum atomic E-state index is 13.8. The molecular weight excluding hydrogens is 267 g/mol. The van der Waals surface area contributed by atoms with E-state index in [1.807, 2.05) is 18.2 Å². The number of halogens is 1.